The van der Waals surface area contributed by atoms with E-state index in [1.165, 1.54) is 26.2 Å². The number of aromatic hydroxyl groups is 1. The summed E-state index contributed by atoms with van der Waals surface area (Å²) >= 11 is 12.2. The molecule has 0 spiro atoms. The van der Waals surface area contributed by atoms with Crippen LogP contribution in [0.2, 0.25) is 10.0 Å². The highest BCUT2D eigenvalue weighted by atomic mass is 35.5. The second-order valence-electron chi connectivity index (χ2n) is 5.57. The van der Waals surface area contributed by atoms with E-state index in [0.717, 1.165) is 4.57 Å². The number of carbonyl (C=O) groups excluding carboxylic acids is 1. The molecule has 0 saturated heterocycles. The Bertz CT molecular complexity index is 967. The zero-order chi connectivity index (χ0) is 19.6. The van der Waals surface area contributed by atoms with Gasteiger partial charge in [0.05, 0.1) is 22.7 Å². The molecule has 8 heteroatoms. The Morgan fingerprint density at radius 1 is 1.35 bits per heavy atom. The number of hydrogen-bond donors (Lipinski definition) is 1. The topological polar surface area (TPSA) is 92.3 Å². The number of methoxy groups -OCH3 is 1. The Kier molecular flexibility index (Phi) is 5.96. The number of nitrogens with zero attached hydrogens (tertiary/aromatic N) is 2. The van der Waals surface area contributed by atoms with Gasteiger partial charge in [-0.1, -0.05) is 30.1 Å². The molecule has 1 aromatic carbocycles. The van der Waals surface area contributed by atoms with E-state index in [-0.39, 0.29) is 44.6 Å². The monoisotopic (exact) mass is 394 g/mol. The molecule has 26 heavy (non-hydrogen) atoms. The molecule has 6 nitrogen and oxygen atoms in total. The number of nitriles is 1. The lowest BCUT2D eigenvalue weighted by molar-refractivity contribution is 0.103. The van der Waals surface area contributed by atoms with Gasteiger partial charge in [0.15, 0.2) is 11.5 Å². The molecule has 0 fully saturated rings. The van der Waals surface area contributed by atoms with Gasteiger partial charge in [0, 0.05) is 12.1 Å². The van der Waals surface area contributed by atoms with Gasteiger partial charge in [-0.3, -0.25) is 14.2 Å². The lowest BCUT2D eigenvalue weighted by atomic mass is 9.97. The lowest BCUT2D eigenvalue weighted by Gasteiger charge is -2.15. The van der Waals surface area contributed by atoms with Crippen molar-refractivity contribution in [2.45, 2.75) is 26.8 Å². The number of aromatic nitrogens is 1. The van der Waals surface area contributed by atoms with Crippen LogP contribution in [0, 0.1) is 18.3 Å². The van der Waals surface area contributed by atoms with Crippen LogP contribution >= 0.6 is 23.2 Å². The van der Waals surface area contributed by atoms with E-state index >= 15 is 0 Å². The Morgan fingerprint density at radius 2 is 1.92 bits per heavy atom. The van der Waals surface area contributed by atoms with Gasteiger partial charge in [0.2, 0.25) is 5.88 Å². The van der Waals surface area contributed by atoms with Crippen molar-refractivity contribution in [2.75, 3.05) is 7.11 Å². The highest BCUT2D eigenvalue weighted by Gasteiger charge is 2.25. The maximum absolute atomic E-state index is 13.0. The van der Waals surface area contributed by atoms with Crippen LogP contribution in [0.3, 0.4) is 0 Å². The van der Waals surface area contributed by atoms with Gasteiger partial charge in [-0.15, -0.1) is 0 Å². The molecule has 136 valence electrons. The summed E-state index contributed by atoms with van der Waals surface area (Å²) in [4.78, 5) is 25.3. The van der Waals surface area contributed by atoms with Crippen LogP contribution < -0.4 is 10.3 Å². The fourth-order valence-corrected chi connectivity index (χ4v) is 3.33. The Morgan fingerprint density at radius 3 is 2.38 bits per heavy atom. The SMILES string of the molecule is CCCn1c(O)c(C(=O)c2cc(Cl)c(OC)c(Cl)c2)c(C)c(C#N)c1=O. The molecule has 0 atom stereocenters. The summed E-state index contributed by atoms with van der Waals surface area (Å²) in [5.41, 5.74) is -0.746. The predicted molar refractivity (Wildman–Crippen MR) is 98.6 cm³/mol. The summed E-state index contributed by atoms with van der Waals surface area (Å²) in [6.07, 6.45) is 0.537. The van der Waals surface area contributed by atoms with E-state index in [0.29, 0.717) is 6.42 Å². The Hall–Kier alpha value is -2.49. The van der Waals surface area contributed by atoms with E-state index in [9.17, 15) is 20.0 Å². The van der Waals surface area contributed by atoms with Crippen molar-refractivity contribution >= 4 is 29.0 Å². The minimum Gasteiger partial charge on any atom is -0.494 e. The summed E-state index contributed by atoms with van der Waals surface area (Å²) in [7, 11) is 1.39. The van der Waals surface area contributed by atoms with E-state index < -0.39 is 17.2 Å². The quantitative estimate of drug-likeness (QED) is 0.780. The van der Waals surface area contributed by atoms with Gasteiger partial charge in [-0.05, 0) is 31.0 Å². The number of ether oxygens (including phenoxy) is 1. The number of rotatable bonds is 5. The van der Waals surface area contributed by atoms with Crippen LogP contribution in [0.5, 0.6) is 11.6 Å². The number of pyridine rings is 1. The molecule has 0 aliphatic carbocycles. The summed E-state index contributed by atoms with van der Waals surface area (Å²) in [6.45, 7) is 3.42. The fraction of sp³-hybridized carbons (Fsp3) is 0.278. The van der Waals surface area contributed by atoms with Crippen molar-refractivity contribution < 1.29 is 14.6 Å². The highest BCUT2D eigenvalue weighted by molar-refractivity contribution is 6.38. The van der Waals surface area contributed by atoms with Crippen LogP contribution in [0.4, 0.5) is 0 Å². The van der Waals surface area contributed by atoms with Gasteiger partial charge in [0.25, 0.3) is 5.56 Å². The van der Waals surface area contributed by atoms with Crippen molar-refractivity contribution in [3.05, 3.63) is 54.8 Å². The minimum absolute atomic E-state index is 0.102. The van der Waals surface area contributed by atoms with Crippen molar-refractivity contribution in [1.82, 2.24) is 4.57 Å². The molecular weight excluding hydrogens is 379 g/mol. The first-order valence-electron chi connectivity index (χ1n) is 7.72. The van der Waals surface area contributed by atoms with Crippen molar-refractivity contribution in [3.63, 3.8) is 0 Å². The molecule has 0 aliphatic rings. The van der Waals surface area contributed by atoms with E-state index in [2.05, 4.69) is 0 Å². The predicted octanol–water partition coefficient (Wildman–Crippen LogP) is 3.69. The molecule has 1 heterocycles. The van der Waals surface area contributed by atoms with Gasteiger partial charge in [-0.2, -0.15) is 5.26 Å². The zero-order valence-corrected chi connectivity index (χ0v) is 15.9. The van der Waals surface area contributed by atoms with Crippen molar-refractivity contribution in [3.8, 4) is 17.7 Å². The fourth-order valence-electron chi connectivity index (χ4n) is 2.68. The summed E-state index contributed by atoms with van der Waals surface area (Å²) in [5, 5.41) is 20.1. The molecule has 0 aliphatic heterocycles. The average molecular weight is 395 g/mol. The van der Waals surface area contributed by atoms with Crippen LogP contribution in [0.1, 0.15) is 40.4 Å². The van der Waals surface area contributed by atoms with Crippen LogP contribution in [-0.4, -0.2) is 22.6 Å². The first-order chi connectivity index (χ1) is 12.3. The first kappa shape index (κ1) is 19.8. The average Bonchev–Trinajstić information content (AvgIpc) is 2.58. The summed E-state index contributed by atoms with van der Waals surface area (Å²) in [5.74, 6) is -0.867. The molecule has 0 radical (unpaired) electrons. The molecule has 2 rings (SSSR count). The van der Waals surface area contributed by atoms with Gasteiger partial charge < -0.3 is 9.84 Å². The Balaban J connectivity index is 2.76. The van der Waals surface area contributed by atoms with E-state index in [1.54, 1.807) is 0 Å². The van der Waals surface area contributed by atoms with Gasteiger partial charge in [0.1, 0.15) is 11.6 Å². The molecule has 0 unspecified atom stereocenters. The highest BCUT2D eigenvalue weighted by Crippen LogP contribution is 2.35. The van der Waals surface area contributed by atoms with Crippen LogP contribution in [0.25, 0.3) is 0 Å². The minimum atomic E-state index is -0.633. The van der Waals surface area contributed by atoms with Crippen molar-refractivity contribution in [2.24, 2.45) is 0 Å². The molecule has 1 N–H and O–H groups in total. The van der Waals surface area contributed by atoms with E-state index in [4.69, 9.17) is 27.9 Å². The molecule has 1 aromatic heterocycles. The third-order valence-electron chi connectivity index (χ3n) is 3.94. The largest absolute Gasteiger partial charge is 0.494 e. The first-order valence-corrected chi connectivity index (χ1v) is 8.48. The molecule has 0 bridgehead atoms. The maximum atomic E-state index is 13.0. The molecule has 2 aromatic rings. The maximum Gasteiger partial charge on any atom is 0.271 e. The van der Waals surface area contributed by atoms with Gasteiger partial charge >= 0.3 is 0 Å². The smallest absolute Gasteiger partial charge is 0.271 e. The summed E-state index contributed by atoms with van der Waals surface area (Å²) < 4.78 is 6.07. The number of ketones is 1. The molecule has 0 saturated carbocycles. The van der Waals surface area contributed by atoms with Gasteiger partial charge in [-0.25, -0.2) is 0 Å². The third-order valence-corrected chi connectivity index (χ3v) is 4.50. The van der Waals surface area contributed by atoms with Crippen LogP contribution in [0.15, 0.2) is 16.9 Å². The summed E-state index contributed by atoms with van der Waals surface area (Å²) in [6, 6.07) is 4.52. The molecule has 0 amide bonds. The lowest BCUT2D eigenvalue weighted by Crippen LogP contribution is -2.26. The second-order valence-corrected chi connectivity index (χ2v) is 6.38. The zero-order valence-electron chi connectivity index (χ0n) is 14.4. The van der Waals surface area contributed by atoms with Crippen molar-refractivity contribution in [1.29, 1.82) is 5.26 Å². The number of halogens is 2. The number of benzene rings is 1. The number of hydrogen-bond acceptors (Lipinski definition) is 5. The Labute approximate surface area is 160 Å². The third kappa shape index (κ3) is 3.28. The number of carbonyl (C=O) groups is 1. The standard InChI is InChI=1S/C18H16Cl2N2O4/c1-4-5-22-17(24)11(8-21)9(2)14(18(22)25)15(23)10-6-12(19)16(26-3)13(20)7-10/h6-7,25H,4-5H2,1-3H3. The second kappa shape index (κ2) is 7.81. The van der Waals surface area contributed by atoms with Crippen LogP contribution in [-0.2, 0) is 6.54 Å². The normalized spacial score (nSPS) is 10.5. The van der Waals surface area contributed by atoms with E-state index in [1.807, 2.05) is 13.0 Å². The molecular formula is C18H16Cl2N2O4.